The fraction of sp³-hybridized carbons (Fsp3) is 0.467. The fourth-order valence-electron chi connectivity index (χ4n) is 2.40. The maximum absolute atomic E-state index is 12.5. The smallest absolute Gasteiger partial charge is 0.310 e. The molecule has 5 heteroatoms. The van der Waals surface area contributed by atoms with Gasteiger partial charge in [0, 0.05) is 13.1 Å². The summed E-state index contributed by atoms with van der Waals surface area (Å²) in [6.07, 6.45) is 0.648. The van der Waals surface area contributed by atoms with Crippen molar-refractivity contribution >= 4 is 11.9 Å². The van der Waals surface area contributed by atoms with Crippen LogP contribution in [0.4, 0.5) is 0 Å². The van der Waals surface area contributed by atoms with Crippen LogP contribution in [-0.4, -0.2) is 43.6 Å². The van der Waals surface area contributed by atoms with Crippen LogP contribution in [0.5, 0.6) is 5.75 Å². The Morgan fingerprint density at radius 1 is 1.35 bits per heavy atom. The van der Waals surface area contributed by atoms with Crippen molar-refractivity contribution in [1.29, 1.82) is 0 Å². The van der Waals surface area contributed by atoms with Crippen LogP contribution in [0.2, 0.25) is 0 Å². The van der Waals surface area contributed by atoms with E-state index in [2.05, 4.69) is 0 Å². The lowest BCUT2D eigenvalue weighted by atomic mass is 10.1. The second-order valence-electron chi connectivity index (χ2n) is 4.69. The lowest BCUT2D eigenvalue weighted by Crippen LogP contribution is -2.30. The van der Waals surface area contributed by atoms with Crippen LogP contribution in [0.3, 0.4) is 0 Å². The summed E-state index contributed by atoms with van der Waals surface area (Å²) in [4.78, 5) is 25.7. The molecule has 0 radical (unpaired) electrons. The number of hydrogen-bond acceptors (Lipinski definition) is 4. The second kappa shape index (κ2) is 6.41. The van der Waals surface area contributed by atoms with E-state index in [1.54, 1.807) is 17.0 Å². The molecule has 1 aliphatic heterocycles. The van der Waals surface area contributed by atoms with Crippen molar-refractivity contribution in [3.63, 3.8) is 0 Å². The molecular weight excluding hydrogens is 258 g/mol. The third kappa shape index (κ3) is 2.92. The summed E-state index contributed by atoms with van der Waals surface area (Å²) in [5.74, 6) is 0.0172. The molecule has 1 saturated heterocycles. The predicted molar refractivity (Wildman–Crippen MR) is 73.6 cm³/mol. The summed E-state index contributed by atoms with van der Waals surface area (Å²) in [6, 6.07) is 7.18. The number of para-hydroxylation sites is 1. The molecule has 1 aromatic rings. The number of amides is 1. The molecule has 108 valence electrons. The highest BCUT2D eigenvalue weighted by Gasteiger charge is 2.32. The zero-order chi connectivity index (χ0) is 14.5. The van der Waals surface area contributed by atoms with Crippen LogP contribution in [0.15, 0.2) is 24.3 Å². The molecule has 1 unspecified atom stereocenters. The Morgan fingerprint density at radius 2 is 2.10 bits per heavy atom. The molecule has 0 spiro atoms. The zero-order valence-corrected chi connectivity index (χ0v) is 11.8. The van der Waals surface area contributed by atoms with Crippen molar-refractivity contribution in [2.45, 2.75) is 13.3 Å². The maximum Gasteiger partial charge on any atom is 0.310 e. The van der Waals surface area contributed by atoms with E-state index in [9.17, 15) is 9.59 Å². The molecule has 0 aromatic heterocycles. The van der Waals surface area contributed by atoms with E-state index in [1.807, 2.05) is 19.1 Å². The molecular formula is C15H19NO4. The number of likely N-dealkylation sites (tertiary alicyclic amines) is 1. The van der Waals surface area contributed by atoms with E-state index < -0.39 is 0 Å². The number of carbonyl (C=O) groups excluding carboxylic acids is 2. The van der Waals surface area contributed by atoms with Crippen molar-refractivity contribution in [2.75, 3.05) is 26.8 Å². The van der Waals surface area contributed by atoms with Gasteiger partial charge in [-0.05, 0) is 25.5 Å². The summed E-state index contributed by atoms with van der Waals surface area (Å²) < 4.78 is 10.2. The van der Waals surface area contributed by atoms with Crippen molar-refractivity contribution in [2.24, 2.45) is 5.92 Å². The van der Waals surface area contributed by atoms with Crippen LogP contribution in [0.25, 0.3) is 0 Å². The van der Waals surface area contributed by atoms with Crippen molar-refractivity contribution in [3.8, 4) is 5.75 Å². The Labute approximate surface area is 118 Å². The van der Waals surface area contributed by atoms with Gasteiger partial charge in [-0.3, -0.25) is 9.59 Å². The van der Waals surface area contributed by atoms with Gasteiger partial charge in [0.05, 0.1) is 25.2 Å². The third-order valence-electron chi connectivity index (χ3n) is 3.43. The van der Waals surface area contributed by atoms with Gasteiger partial charge in [-0.1, -0.05) is 12.1 Å². The highest BCUT2D eigenvalue weighted by Crippen LogP contribution is 2.24. The normalized spacial score (nSPS) is 17.9. The molecule has 20 heavy (non-hydrogen) atoms. The van der Waals surface area contributed by atoms with Gasteiger partial charge in [-0.25, -0.2) is 0 Å². The molecule has 0 saturated carbocycles. The first-order chi connectivity index (χ1) is 9.67. The third-order valence-corrected chi connectivity index (χ3v) is 3.43. The van der Waals surface area contributed by atoms with Crippen LogP contribution in [-0.2, 0) is 9.53 Å². The van der Waals surface area contributed by atoms with E-state index in [-0.39, 0.29) is 17.8 Å². The van der Waals surface area contributed by atoms with Crippen molar-refractivity contribution in [3.05, 3.63) is 29.8 Å². The van der Waals surface area contributed by atoms with Gasteiger partial charge in [0.25, 0.3) is 5.91 Å². The standard InChI is InChI=1S/C15H19NO4/c1-3-20-13-7-5-4-6-12(13)14(17)16-9-8-11(10-16)15(18)19-2/h4-7,11H,3,8-10H2,1-2H3. The zero-order valence-electron chi connectivity index (χ0n) is 11.8. The highest BCUT2D eigenvalue weighted by atomic mass is 16.5. The lowest BCUT2D eigenvalue weighted by Gasteiger charge is -2.18. The summed E-state index contributed by atoms with van der Waals surface area (Å²) in [5, 5.41) is 0. The summed E-state index contributed by atoms with van der Waals surface area (Å²) in [7, 11) is 1.37. The fourth-order valence-corrected chi connectivity index (χ4v) is 2.40. The Bertz CT molecular complexity index is 500. The molecule has 2 rings (SSSR count). The van der Waals surface area contributed by atoms with Crippen LogP contribution >= 0.6 is 0 Å². The van der Waals surface area contributed by atoms with Crippen LogP contribution < -0.4 is 4.74 Å². The van der Waals surface area contributed by atoms with Gasteiger partial charge in [-0.15, -0.1) is 0 Å². The lowest BCUT2D eigenvalue weighted by molar-refractivity contribution is -0.144. The summed E-state index contributed by atoms with van der Waals surface area (Å²) >= 11 is 0. The molecule has 1 heterocycles. The van der Waals surface area contributed by atoms with Gasteiger partial charge < -0.3 is 14.4 Å². The second-order valence-corrected chi connectivity index (χ2v) is 4.69. The average molecular weight is 277 g/mol. The Balaban J connectivity index is 2.11. The number of ether oxygens (including phenoxy) is 2. The van der Waals surface area contributed by atoms with E-state index in [4.69, 9.17) is 9.47 Å². The largest absolute Gasteiger partial charge is 0.493 e. The first-order valence-electron chi connectivity index (χ1n) is 6.76. The van der Waals surface area contributed by atoms with Crippen molar-refractivity contribution in [1.82, 2.24) is 4.90 Å². The maximum atomic E-state index is 12.5. The number of carbonyl (C=O) groups is 2. The minimum atomic E-state index is -0.251. The van der Waals surface area contributed by atoms with Crippen LogP contribution in [0.1, 0.15) is 23.7 Å². The molecule has 1 atom stereocenters. The monoisotopic (exact) mass is 277 g/mol. The number of esters is 1. The van der Waals surface area contributed by atoms with Crippen LogP contribution in [0, 0.1) is 5.92 Å². The Hall–Kier alpha value is -2.04. The van der Waals surface area contributed by atoms with E-state index in [0.29, 0.717) is 37.4 Å². The molecule has 0 aliphatic carbocycles. The minimum Gasteiger partial charge on any atom is -0.493 e. The van der Waals surface area contributed by atoms with E-state index in [1.165, 1.54) is 7.11 Å². The van der Waals surface area contributed by atoms with Gasteiger partial charge in [0.2, 0.25) is 0 Å². The quantitative estimate of drug-likeness (QED) is 0.786. The van der Waals surface area contributed by atoms with Gasteiger partial charge >= 0.3 is 5.97 Å². The van der Waals surface area contributed by atoms with E-state index in [0.717, 1.165) is 0 Å². The molecule has 1 aliphatic rings. The number of rotatable bonds is 4. The summed E-state index contributed by atoms with van der Waals surface area (Å²) in [5.41, 5.74) is 0.542. The van der Waals surface area contributed by atoms with E-state index >= 15 is 0 Å². The highest BCUT2D eigenvalue weighted by molar-refractivity contribution is 5.97. The first kappa shape index (κ1) is 14.4. The number of hydrogen-bond donors (Lipinski definition) is 0. The molecule has 1 amide bonds. The number of nitrogens with zero attached hydrogens (tertiary/aromatic N) is 1. The minimum absolute atomic E-state index is 0.0968. The van der Waals surface area contributed by atoms with Gasteiger partial charge in [0.1, 0.15) is 5.75 Å². The predicted octanol–water partition coefficient (Wildman–Crippen LogP) is 1.72. The topological polar surface area (TPSA) is 55.8 Å². The Morgan fingerprint density at radius 3 is 2.80 bits per heavy atom. The number of methoxy groups -OCH3 is 1. The molecule has 1 fully saturated rings. The van der Waals surface area contributed by atoms with Crippen molar-refractivity contribution < 1.29 is 19.1 Å². The Kier molecular flexibility index (Phi) is 4.61. The molecule has 1 aromatic carbocycles. The van der Waals surface area contributed by atoms with Gasteiger partial charge in [-0.2, -0.15) is 0 Å². The molecule has 0 bridgehead atoms. The SMILES string of the molecule is CCOc1ccccc1C(=O)N1CCC(C(=O)OC)C1. The molecule has 5 nitrogen and oxygen atoms in total. The van der Waals surface area contributed by atoms with Gasteiger partial charge in [0.15, 0.2) is 0 Å². The first-order valence-corrected chi connectivity index (χ1v) is 6.76. The molecule has 0 N–H and O–H groups in total. The number of benzene rings is 1. The average Bonchev–Trinajstić information content (AvgIpc) is 2.96. The summed E-state index contributed by atoms with van der Waals surface area (Å²) in [6.45, 7) is 3.37.